The fourth-order valence-electron chi connectivity index (χ4n) is 3.33. The van der Waals surface area contributed by atoms with Crippen LogP contribution in [0.2, 0.25) is 5.02 Å². The summed E-state index contributed by atoms with van der Waals surface area (Å²) in [4.78, 5) is 16.7. The fourth-order valence-corrected chi connectivity index (χ4v) is 3.59. The van der Waals surface area contributed by atoms with Gasteiger partial charge >= 0.3 is 0 Å². The topological polar surface area (TPSA) is 62.6 Å². The minimum atomic E-state index is -0.101. The SMILES string of the molecule is COc1ccc2c(OCCn3cc(-c4ccc(OC)c(Cl)c4)ccc3=O)ccnc2c1. The molecule has 2 aromatic carbocycles. The second kappa shape index (κ2) is 9.10. The van der Waals surface area contributed by atoms with E-state index in [1.54, 1.807) is 49.4 Å². The van der Waals surface area contributed by atoms with E-state index >= 15 is 0 Å². The molecule has 2 aromatic heterocycles. The first-order chi connectivity index (χ1) is 15.1. The molecule has 0 aliphatic carbocycles. The Balaban J connectivity index is 1.52. The van der Waals surface area contributed by atoms with Crippen molar-refractivity contribution in [3.05, 3.63) is 82.4 Å². The second-order valence-corrected chi connectivity index (χ2v) is 7.25. The van der Waals surface area contributed by atoms with Crippen molar-refractivity contribution in [2.45, 2.75) is 6.54 Å². The predicted octanol–water partition coefficient (Wildman–Crippen LogP) is 4.81. The lowest BCUT2D eigenvalue weighted by atomic mass is 10.1. The van der Waals surface area contributed by atoms with Gasteiger partial charge in [0.1, 0.15) is 23.9 Å². The number of pyridine rings is 2. The van der Waals surface area contributed by atoms with E-state index in [-0.39, 0.29) is 5.56 Å². The molecule has 0 radical (unpaired) electrons. The zero-order valence-corrected chi connectivity index (χ0v) is 17.9. The van der Waals surface area contributed by atoms with Gasteiger partial charge in [0.15, 0.2) is 0 Å². The van der Waals surface area contributed by atoms with Gasteiger partial charge in [-0.2, -0.15) is 0 Å². The summed E-state index contributed by atoms with van der Waals surface area (Å²) < 4.78 is 18.0. The molecule has 6 nitrogen and oxygen atoms in total. The molecule has 31 heavy (non-hydrogen) atoms. The largest absolute Gasteiger partial charge is 0.497 e. The van der Waals surface area contributed by atoms with Crippen LogP contribution >= 0.6 is 11.6 Å². The maximum Gasteiger partial charge on any atom is 0.250 e. The van der Waals surface area contributed by atoms with Gasteiger partial charge in [0, 0.05) is 29.9 Å². The van der Waals surface area contributed by atoms with E-state index in [0.29, 0.717) is 29.7 Å². The molecular weight excluding hydrogens is 416 g/mol. The van der Waals surface area contributed by atoms with Crippen LogP contribution < -0.4 is 19.8 Å². The summed E-state index contributed by atoms with van der Waals surface area (Å²) in [5, 5.41) is 1.40. The van der Waals surface area contributed by atoms with E-state index in [1.165, 1.54) is 0 Å². The molecule has 0 N–H and O–H groups in total. The van der Waals surface area contributed by atoms with E-state index in [2.05, 4.69) is 4.98 Å². The highest BCUT2D eigenvalue weighted by molar-refractivity contribution is 6.32. The first kappa shape index (κ1) is 20.8. The lowest BCUT2D eigenvalue weighted by molar-refractivity contribution is 0.299. The van der Waals surface area contributed by atoms with Gasteiger partial charge in [-0.3, -0.25) is 9.78 Å². The molecule has 0 amide bonds. The van der Waals surface area contributed by atoms with Crippen LogP contribution in [-0.2, 0) is 6.54 Å². The molecule has 0 spiro atoms. The van der Waals surface area contributed by atoms with Crippen LogP contribution in [0.4, 0.5) is 0 Å². The maximum absolute atomic E-state index is 12.3. The van der Waals surface area contributed by atoms with Gasteiger partial charge in [0.05, 0.1) is 31.3 Å². The molecule has 4 aromatic rings. The van der Waals surface area contributed by atoms with E-state index in [0.717, 1.165) is 27.8 Å². The zero-order valence-electron chi connectivity index (χ0n) is 17.2. The van der Waals surface area contributed by atoms with Crippen LogP contribution in [0, 0.1) is 0 Å². The van der Waals surface area contributed by atoms with Crippen molar-refractivity contribution in [1.82, 2.24) is 9.55 Å². The Hall–Kier alpha value is -3.51. The number of benzene rings is 2. The average Bonchev–Trinajstić information content (AvgIpc) is 2.80. The number of hydrogen-bond donors (Lipinski definition) is 0. The molecule has 158 valence electrons. The highest BCUT2D eigenvalue weighted by atomic mass is 35.5. The molecule has 0 saturated carbocycles. The third-order valence-electron chi connectivity index (χ3n) is 4.97. The third kappa shape index (κ3) is 4.49. The second-order valence-electron chi connectivity index (χ2n) is 6.84. The van der Waals surface area contributed by atoms with Gasteiger partial charge < -0.3 is 18.8 Å². The number of rotatable bonds is 7. The highest BCUT2D eigenvalue weighted by Crippen LogP contribution is 2.30. The van der Waals surface area contributed by atoms with Crippen LogP contribution in [0.25, 0.3) is 22.0 Å². The molecule has 7 heteroatoms. The van der Waals surface area contributed by atoms with E-state index in [4.69, 9.17) is 25.8 Å². The maximum atomic E-state index is 12.3. The van der Waals surface area contributed by atoms with Gasteiger partial charge in [-0.15, -0.1) is 0 Å². The van der Waals surface area contributed by atoms with Crippen molar-refractivity contribution in [3.63, 3.8) is 0 Å². The first-order valence-electron chi connectivity index (χ1n) is 9.69. The van der Waals surface area contributed by atoms with Crippen molar-refractivity contribution >= 4 is 22.5 Å². The minimum Gasteiger partial charge on any atom is -0.497 e. The number of ether oxygens (including phenoxy) is 3. The molecule has 0 bridgehead atoms. The number of hydrogen-bond acceptors (Lipinski definition) is 5. The minimum absolute atomic E-state index is 0.101. The normalized spacial score (nSPS) is 10.8. The van der Waals surface area contributed by atoms with Gasteiger partial charge in [0.25, 0.3) is 5.56 Å². The summed E-state index contributed by atoms with van der Waals surface area (Å²) in [6, 6.07) is 16.3. The number of fused-ring (bicyclic) bond motifs is 1. The highest BCUT2D eigenvalue weighted by Gasteiger charge is 2.08. The molecule has 0 atom stereocenters. The van der Waals surface area contributed by atoms with Gasteiger partial charge in [-0.05, 0) is 47.5 Å². The number of aromatic nitrogens is 2. The Bertz CT molecular complexity index is 1290. The van der Waals surface area contributed by atoms with E-state index in [1.807, 2.05) is 36.4 Å². The smallest absolute Gasteiger partial charge is 0.250 e. The Morgan fingerprint density at radius 1 is 0.935 bits per heavy atom. The summed E-state index contributed by atoms with van der Waals surface area (Å²) in [5.74, 6) is 2.05. The quantitative estimate of drug-likeness (QED) is 0.416. The molecule has 0 fully saturated rings. The molecule has 4 rings (SSSR count). The summed E-state index contributed by atoms with van der Waals surface area (Å²) in [5.41, 5.74) is 2.46. The molecule has 0 saturated heterocycles. The van der Waals surface area contributed by atoms with Gasteiger partial charge in [-0.25, -0.2) is 0 Å². The monoisotopic (exact) mass is 436 g/mol. The van der Waals surface area contributed by atoms with Crippen LogP contribution in [0.5, 0.6) is 17.2 Å². The number of nitrogens with zero attached hydrogens (tertiary/aromatic N) is 2. The summed E-state index contributed by atoms with van der Waals surface area (Å²) in [7, 11) is 3.19. The Morgan fingerprint density at radius 3 is 2.55 bits per heavy atom. The summed E-state index contributed by atoms with van der Waals surface area (Å²) in [6.45, 7) is 0.731. The predicted molar refractivity (Wildman–Crippen MR) is 121 cm³/mol. The van der Waals surface area contributed by atoms with Crippen LogP contribution in [-0.4, -0.2) is 30.4 Å². The number of halogens is 1. The van der Waals surface area contributed by atoms with Crippen molar-refractivity contribution < 1.29 is 14.2 Å². The Morgan fingerprint density at radius 2 is 1.77 bits per heavy atom. The van der Waals surface area contributed by atoms with Gasteiger partial charge in [0.2, 0.25) is 0 Å². The lowest BCUT2D eigenvalue weighted by Gasteiger charge is -2.12. The molecular formula is C24H21ClN2O4. The van der Waals surface area contributed by atoms with Crippen LogP contribution in [0.15, 0.2) is 71.8 Å². The lowest BCUT2D eigenvalue weighted by Crippen LogP contribution is -2.21. The molecule has 0 aliphatic heterocycles. The summed E-state index contributed by atoms with van der Waals surface area (Å²) in [6.07, 6.45) is 3.50. The van der Waals surface area contributed by atoms with Crippen molar-refractivity contribution in [2.75, 3.05) is 20.8 Å². The van der Waals surface area contributed by atoms with Crippen molar-refractivity contribution in [2.24, 2.45) is 0 Å². The van der Waals surface area contributed by atoms with Gasteiger partial charge in [-0.1, -0.05) is 17.7 Å². The zero-order chi connectivity index (χ0) is 21.8. The average molecular weight is 437 g/mol. The molecule has 0 aliphatic rings. The van der Waals surface area contributed by atoms with Crippen molar-refractivity contribution in [1.29, 1.82) is 0 Å². The van der Waals surface area contributed by atoms with E-state index < -0.39 is 0 Å². The molecule has 0 unspecified atom stereocenters. The first-order valence-corrected chi connectivity index (χ1v) is 10.1. The van der Waals surface area contributed by atoms with Crippen molar-refractivity contribution in [3.8, 4) is 28.4 Å². The Labute approximate surface area is 184 Å². The number of methoxy groups -OCH3 is 2. The third-order valence-corrected chi connectivity index (χ3v) is 5.26. The molecule has 2 heterocycles. The standard InChI is InChI=1S/C24H21ClN2O4/c1-29-18-5-6-19-21(14-18)26-10-9-22(19)31-12-11-27-15-17(4-8-24(27)28)16-3-7-23(30-2)20(25)13-16/h3-10,13-15H,11-12H2,1-2H3. The summed E-state index contributed by atoms with van der Waals surface area (Å²) >= 11 is 6.24. The Kier molecular flexibility index (Phi) is 6.09. The fraction of sp³-hybridized carbons (Fsp3) is 0.167. The van der Waals surface area contributed by atoms with Crippen LogP contribution in [0.3, 0.4) is 0 Å². The van der Waals surface area contributed by atoms with E-state index in [9.17, 15) is 4.79 Å². The van der Waals surface area contributed by atoms with Crippen LogP contribution in [0.1, 0.15) is 0 Å².